The summed E-state index contributed by atoms with van der Waals surface area (Å²) in [6, 6.07) is 29.7. The third-order valence-corrected chi connectivity index (χ3v) is 9.69. The molecule has 5 aromatic rings. The molecule has 1 fully saturated rings. The highest BCUT2D eigenvalue weighted by Gasteiger charge is 2.38. The van der Waals surface area contributed by atoms with Crippen molar-refractivity contribution in [1.82, 2.24) is 30.8 Å². The van der Waals surface area contributed by atoms with Crippen molar-refractivity contribution < 1.29 is 34.0 Å². The van der Waals surface area contributed by atoms with Crippen LogP contribution >= 0.6 is 11.8 Å². The normalized spacial score (nSPS) is 18.4. The molecule has 0 radical (unpaired) electrons. The molecule has 1 saturated heterocycles. The fraction of sp³-hybridized carbons (Fsp3) is 0.289. The van der Waals surface area contributed by atoms with Crippen molar-refractivity contribution in [2.45, 2.75) is 50.7 Å². The number of hydrogen-bond donors (Lipinski definition) is 4. The standard InChI is InChI=1S/C38H40N6O7S/c1-3-49-34(47)21-40-37(48)39-20-29-6-4-5-7-32(29)26-12-14-28(15-13-26)36-50-33(24(2)35(51-36)27-10-8-25(22-45)9-11-27)23-52-38-41-42-43-44(38)30-16-18-31(46)19-17-30/h4-19,24,33,35-36,45-46H,3,20-23H2,1-2H3,(H2,39,40,48). The second-order valence-corrected chi connectivity index (χ2v) is 13.1. The molecule has 1 aliphatic heterocycles. The molecule has 1 aliphatic rings. The van der Waals surface area contributed by atoms with Gasteiger partial charge in [0.1, 0.15) is 12.3 Å². The number of hydrogen-bond acceptors (Lipinski definition) is 11. The van der Waals surface area contributed by atoms with E-state index in [4.69, 9.17) is 14.2 Å². The zero-order valence-electron chi connectivity index (χ0n) is 28.7. The number of nitrogens with one attached hydrogen (secondary N) is 2. The smallest absolute Gasteiger partial charge is 0.325 e. The highest BCUT2D eigenvalue weighted by molar-refractivity contribution is 7.99. The topological polar surface area (TPSA) is 170 Å². The van der Waals surface area contributed by atoms with Gasteiger partial charge in [-0.3, -0.25) is 4.79 Å². The van der Waals surface area contributed by atoms with Crippen molar-refractivity contribution in [1.29, 1.82) is 0 Å². The molecule has 4 N–H and O–H groups in total. The van der Waals surface area contributed by atoms with Gasteiger partial charge in [0.05, 0.1) is 31.1 Å². The van der Waals surface area contributed by atoms with Crippen LogP contribution in [0.15, 0.2) is 102 Å². The van der Waals surface area contributed by atoms with Gasteiger partial charge in [0, 0.05) is 23.8 Å². The molecule has 1 aromatic heterocycles. The number of benzene rings is 4. The van der Waals surface area contributed by atoms with E-state index in [0.29, 0.717) is 10.9 Å². The molecule has 0 bridgehead atoms. The van der Waals surface area contributed by atoms with Crippen LogP contribution in [0.5, 0.6) is 5.75 Å². The molecule has 270 valence electrons. The number of carbonyl (C=O) groups excluding carboxylic acids is 2. The molecule has 4 atom stereocenters. The van der Waals surface area contributed by atoms with E-state index in [1.54, 1.807) is 35.9 Å². The van der Waals surface area contributed by atoms with Gasteiger partial charge >= 0.3 is 12.0 Å². The van der Waals surface area contributed by atoms with E-state index in [0.717, 1.165) is 39.1 Å². The number of esters is 1. The summed E-state index contributed by atoms with van der Waals surface area (Å²) in [4.78, 5) is 23.9. The van der Waals surface area contributed by atoms with E-state index in [1.165, 1.54) is 11.8 Å². The van der Waals surface area contributed by atoms with Crippen LogP contribution in [0.25, 0.3) is 16.8 Å². The molecule has 14 heteroatoms. The van der Waals surface area contributed by atoms with E-state index in [1.807, 2.05) is 72.8 Å². The molecular weight excluding hydrogens is 685 g/mol. The Morgan fingerprint density at radius 1 is 0.923 bits per heavy atom. The number of aromatic nitrogens is 4. The molecule has 2 heterocycles. The van der Waals surface area contributed by atoms with Gasteiger partial charge < -0.3 is 35.1 Å². The molecule has 4 aromatic carbocycles. The van der Waals surface area contributed by atoms with Gasteiger partial charge in [-0.2, -0.15) is 4.68 Å². The number of amides is 2. The molecule has 0 aliphatic carbocycles. The average Bonchev–Trinajstić information content (AvgIpc) is 3.65. The van der Waals surface area contributed by atoms with Gasteiger partial charge in [0.15, 0.2) is 6.29 Å². The van der Waals surface area contributed by atoms with Gasteiger partial charge in [-0.05, 0) is 69.4 Å². The van der Waals surface area contributed by atoms with Gasteiger partial charge in [-0.1, -0.05) is 91.5 Å². The maximum atomic E-state index is 12.3. The number of urea groups is 1. The number of nitrogens with zero attached hydrogens (tertiary/aromatic N) is 4. The second-order valence-electron chi connectivity index (χ2n) is 12.1. The lowest BCUT2D eigenvalue weighted by atomic mass is 9.91. The number of aliphatic hydroxyl groups is 1. The van der Waals surface area contributed by atoms with Crippen LogP contribution in [0.4, 0.5) is 4.79 Å². The summed E-state index contributed by atoms with van der Waals surface area (Å²) in [6.07, 6.45) is -1.23. The highest BCUT2D eigenvalue weighted by Crippen LogP contribution is 2.43. The predicted molar refractivity (Wildman–Crippen MR) is 193 cm³/mol. The first-order valence-electron chi connectivity index (χ1n) is 16.9. The van der Waals surface area contributed by atoms with Crippen LogP contribution in [-0.2, 0) is 32.2 Å². The molecule has 0 saturated carbocycles. The monoisotopic (exact) mass is 724 g/mol. The Hall–Kier alpha value is -5.28. The summed E-state index contributed by atoms with van der Waals surface area (Å²) in [7, 11) is 0. The number of phenolic OH excluding ortho intramolecular Hbond substituents is 1. The molecule has 4 unspecified atom stereocenters. The van der Waals surface area contributed by atoms with Gasteiger partial charge in [-0.15, -0.1) is 5.10 Å². The Morgan fingerprint density at radius 2 is 1.65 bits per heavy atom. The first-order chi connectivity index (χ1) is 25.3. The van der Waals surface area contributed by atoms with Gasteiger partial charge in [0.25, 0.3) is 0 Å². The number of carbonyl (C=O) groups is 2. The number of phenols is 1. The fourth-order valence-electron chi connectivity index (χ4n) is 5.87. The summed E-state index contributed by atoms with van der Waals surface area (Å²) in [5.41, 5.74) is 6.15. The summed E-state index contributed by atoms with van der Waals surface area (Å²) >= 11 is 1.47. The minimum atomic E-state index is -0.675. The lowest BCUT2D eigenvalue weighted by Gasteiger charge is -2.41. The highest BCUT2D eigenvalue weighted by atomic mass is 32.2. The van der Waals surface area contributed by atoms with Crippen molar-refractivity contribution in [3.8, 4) is 22.6 Å². The Balaban J connectivity index is 1.19. The average molecular weight is 725 g/mol. The van der Waals surface area contributed by atoms with Crippen LogP contribution < -0.4 is 10.6 Å². The van der Waals surface area contributed by atoms with Gasteiger partial charge in [0.2, 0.25) is 5.16 Å². The maximum Gasteiger partial charge on any atom is 0.325 e. The molecule has 13 nitrogen and oxygen atoms in total. The number of ether oxygens (including phenoxy) is 3. The van der Waals surface area contributed by atoms with E-state index in [9.17, 15) is 19.8 Å². The lowest BCUT2D eigenvalue weighted by molar-refractivity contribution is -0.268. The molecule has 2 amide bonds. The third-order valence-electron chi connectivity index (χ3n) is 8.68. The third kappa shape index (κ3) is 8.95. The van der Waals surface area contributed by atoms with E-state index in [-0.39, 0.29) is 50.2 Å². The van der Waals surface area contributed by atoms with Crippen LogP contribution in [0, 0.1) is 5.92 Å². The quantitative estimate of drug-likeness (QED) is 0.0897. The first-order valence-corrected chi connectivity index (χ1v) is 17.9. The maximum absolute atomic E-state index is 12.3. The zero-order chi connectivity index (χ0) is 36.5. The second kappa shape index (κ2) is 17.3. The molecular formula is C38H40N6O7S. The Labute approximate surface area is 305 Å². The van der Waals surface area contributed by atoms with Crippen LogP contribution in [-0.4, -0.2) is 67.4 Å². The number of aliphatic hydroxyl groups excluding tert-OH is 1. The minimum absolute atomic E-state index is 0.0453. The Morgan fingerprint density at radius 3 is 2.38 bits per heavy atom. The number of rotatable bonds is 13. The fourth-order valence-corrected chi connectivity index (χ4v) is 6.92. The molecule has 52 heavy (non-hydrogen) atoms. The first kappa shape index (κ1) is 36.5. The van der Waals surface area contributed by atoms with Crippen LogP contribution in [0.3, 0.4) is 0 Å². The van der Waals surface area contributed by atoms with Crippen molar-refractivity contribution in [2.24, 2.45) is 5.92 Å². The zero-order valence-corrected chi connectivity index (χ0v) is 29.5. The van der Waals surface area contributed by atoms with Gasteiger partial charge in [-0.25, -0.2) is 4.79 Å². The summed E-state index contributed by atoms with van der Waals surface area (Å²) in [6.45, 7) is 4.06. The minimum Gasteiger partial charge on any atom is -0.508 e. The molecule has 0 spiro atoms. The van der Waals surface area contributed by atoms with Crippen molar-refractivity contribution in [3.05, 3.63) is 119 Å². The SMILES string of the molecule is CCOC(=O)CNC(=O)NCc1ccccc1-c1ccc(C2OC(CSc3nnnn3-c3ccc(O)cc3)C(C)C(c3ccc(CO)cc3)O2)cc1. The van der Waals surface area contributed by atoms with E-state index in [2.05, 4.69) is 33.1 Å². The largest absolute Gasteiger partial charge is 0.508 e. The molecule has 6 rings (SSSR count). The lowest BCUT2D eigenvalue weighted by Crippen LogP contribution is -2.38. The van der Waals surface area contributed by atoms with Crippen LogP contribution in [0.1, 0.15) is 48.5 Å². The summed E-state index contributed by atoms with van der Waals surface area (Å²) in [5, 5.41) is 37.5. The number of thioether (sulfide) groups is 1. The number of tetrazole rings is 1. The van der Waals surface area contributed by atoms with E-state index >= 15 is 0 Å². The van der Waals surface area contributed by atoms with Crippen molar-refractivity contribution in [3.63, 3.8) is 0 Å². The summed E-state index contributed by atoms with van der Waals surface area (Å²) in [5.74, 6) is 0.148. The Bertz CT molecular complexity index is 1940. The van der Waals surface area contributed by atoms with Crippen LogP contribution in [0.2, 0.25) is 0 Å². The van der Waals surface area contributed by atoms with Crippen molar-refractivity contribution in [2.75, 3.05) is 18.9 Å². The number of aromatic hydroxyl groups is 1. The summed E-state index contributed by atoms with van der Waals surface area (Å²) < 4.78 is 19.8. The Kier molecular flexibility index (Phi) is 12.1. The van der Waals surface area contributed by atoms with E-state index < -0.39 is 18.3 Å². The predicted octanol–water partition coefficient (Wildman–Crippen LogP) is 5.47. The van der Waals surface area contributed by atoms with Crippen molar-refractivity contribution >= 4 is 23.8 Å².